The van der Waals surface area contributed by atoms with E-state index in [-0.39, 0.29) is 5.75 Å². The van der Waals surface area contributed by atoms with Crippen LogP contribution in [0.25, 0.3) is 0 Å². The van der Waals surface area contributed by atoms with E-state index in [1.54, 1.807) is 6.92 Å². The van der Waals surface area contributed by atoms with Crippen LogP contribution in [-0.4, -0.2) is 45.0 Å². The lowest BCUT2D eigenvalue weighted by Crippen LogP contribution is -2.60. The van der Waals surface area contributed by atoms with E-state index >= 15 is 0 Å². The van der Waals surface area contributed by atoms with Gasteiger partial charge in [-0.3, -0.25) is 24.0 Å². The van der Waals surface area contributed by atoms with Crippen LogP contribution in [0.15, 0.2) is 0 Å². The van der Waals surface area contributed by atoms with Crippen LogP contribution >= 0.6 is 0 Å². The zero-order chi connectivity index (χ0) is 12.5. The fraction of sp³-hybridized carbons (Fsp3) is 0.667. The minimum Gasteiger partial charge on any atom is -0.277 e. The second-order valence-electron chi connectivity index (χ2n) is 3.81. The topological polar surface area (TPSA) is 83.6 Å². The Balaban J connectivity index is 2.86. The van der Waals surface area contributed by atoms with Crippen molar-refractivity contribution in [3.05, 3.63) is 0 Å². The highest BCUT2D eigenvalue weighted by atomic mass is 32.2. The molecule has 3 atom stereocenters. The highest BCUT2D eigenvalue weighted by Gasteiger charge is 2.39. The molecule has 0 aromatic rings. The minimum absolute atomic E-state index is 0.208. The molecular weight excluding hydrogens is 232 g/mol. The van der Waals surface area contributed by atoms with Crippen molar-refractivity contribution < 1.29 is 18.6 Å². The Bertz CT molecular complexity index is 369. The number of urea groups is 1. The first-order chi connectivity index (χ1) is 7.34. The molecule has 90 valence electrons. The number of hydrogen-bond acceptors (Lipinski definition) is 4. The summed E-state index contributed by atoms with van der Waals surface area (Å²) in [5, 5.41) is 2.09. The molecule has 1 N–H and O–H groups in total. The third kappa shape index (κ3) is 2.46. The Morgan fingerprint density at radius 1 is 1.44 bits per heavy atom. The molecule has 4 amide bonds. The van der Waals surface area contributed by atoms with Crippen molar-refractivity contribution in [2.45, 2.75) is 19.9 Å². The molecular formula is C9H14N2O4S. The van der Waals surface area contributed by atoms with Crippen molar-refractivity contribution >= 4 is 28.6 Å². The van der Waals surface area contributed by atoms with Crippen LogP contribution in [0.4, 0.5) is 4.79 Å². The maximum atomic E-state index is 11.7. The summed E-state index contributed by atoms with van der Waals surface area (Å²) in [6.07, 6.45) is 1.50. The molecule has 0 aromatic carbocycles. The van der Waals surface area contributed by atoms with E-state index in [1.807, 2.05) is 0 Å². The van der Waals surface area contributed by atoms with Crippen LogP contribution in [0.3, 0.4) is 0 Å². The predicted molar refractivity (Wildman–Crippen MR) is 57.9 cm³/mol. The smallest absolute Gasteiger partial charge is 0.277 e. The van der Waals surface area contributed by atoms with Gasteiger partial charge in [0.2, 0.25) is 11.8 Å². The molecule has 0 radical (unpaired) electrons. The van der Waals surface area contributed by atoms with Gasteiger partial charge in [-0.25, -0.2) is 4.79 Å². The van der Waals surface area contributed by atoms with Crippen molar-refractivity contribution in [2.24, 2.45) is 5.92 Å². The molecule has 0 saturated carbocycles. The number of rotatable bonds is 3. The first kappa shape index (κ1) is 12.8. The Morgan fingerprint density at radius 3 is 2.50 bits per heavy atom. The second-order valence-corrected chi connectivity index (χ2v) is 5.29. The van der Waals surface area contributed by atoms with Gasteiger partial charge in [0, 0.05) is 22.8 Å². The molecule has 7 heteroatoms. The van der Waals surface area contributed by atoms with Crippen LogP contribution in [0.2, 0.25) is 0 Å². The molecule has 16 heavy (non-hydrogen) atoms. The van der Waals surface area contributed by atoms with E-state index in [1.165, 1.54) is 13.2 Å². The maximum absolute atomic E-state index is 11.7. The molecule has 1 saturated heterocycles. The number of barbiturate groups is 1. The van der Waals surface area contributed by atoms with Crippen LogP contribution in [0, 0.1) is 5.92 Å². The standard InChI is InChI=1S/C9H14N2O4S/c1-5(4-16(3)15)11-8(13)6(2)7(12)10-9(11)14/h5-6H,4H2,1-3H3,(H,10,12,14). The number of amides is 4. The fourth-order valence-corrected chi connectivity index (χ4v) is 2.35. The van der Waals surface area contributed by atoms with Crippen LogP contribution in [-0.2, 0) is 20.4 Å². The van der Waals surface area contributed by atoms with E-state index in [0.29, 0.717) is 0 Å². The summed E-state index contributed by atoms with van der Waals surface area (Å²) in [4.78, 5) is 35.3. The van der Waals surface area contributed by atoms with Crippen molar-refractivity contribution in [3.63, 3.8) is 0 Å². The number of nitrogens with one attached hydrogen (secondary N) is 1. The van der Waals surface area contributed by atoms with Crippen LogP contribution in [0.1, 0.15) is 13.8 Å². The van der Waals surface area contributed by atoms with Crippen molar-refractivity contribution in [1.82, 2.24) is 10.2 Å². The normalized spacial score (nSPS) is 25.3. The first-order valence-corrected chi connectivity index (χ1v) is 6.55. The lowest BCUT2D eigenvalue weighted by Gasteiger charge is -2.32. The first-order valence-electron chi connectivity index (χ1n) is 4.82. The Labute approximate surface area is 95.8 Å². The lowest BCUT2D eigenvalue weighted by molar-refractivity contribution is -0.142. The van der Waals surface area contributed by atoms with Gasteiger partial charge in [0.25, 0.3) is 0 Å². The third-order valence-electron chi connectivity index (χ3n) is 2.37. The van der Waals surface area contributed by atoms with E-state index in [2.05, 4.69) is 5.32 Å². The number of hydrogen-bond donors (Lipinski definition) is 1. The quantitative estimate of drug-likeness (QED) is 0.678. The average Bonchev–Trinajstić information content (AvgIpc) is 2.13. The number of carbonyl (C=O) groups is 3. The average molecular weight is 246 g/mol. The summed E-state index contributed by atoms with van der Waals surface area (Å²) in [6, 6.07) is -1.21. The van der Waals surface area contributed by atoms with Crippen LogP contribution < -0.4 is 5.32 Å². The Hall–Kier alpha value is -1.24. The van der Waals surface area contributed by atoms with Gasteiger partial charge < -0.3 is 0 Å². The molecule has 1 fully saturated rings. The van der Waals surface area contributed by atoms with Crippen molar-refractivity contribution in [3.8, 4) is 0 Å². The second kappa shape index (κ2) is 4.73. The van der Waals surface area contributed by atoms with E-state index in [0.717, 1.165) is 4.90 Å². The van der Waals surface area contributed by atoms with Gasteiger partial charge in [-0.05, 0) is 13.8 Å². The van der Waals surface area contributed by atoms with E-state index in [9.17, 15) is 18.6 Å². The highest BCUT2D eigenvalue weighted by Crippen LogP contribution is 2.13. The molecule has 1 aliphatic rings. The molecule has 0 aromatic heterocycles. The van der Waals surface area contributed by atoms with Gasteiger partial charge in [-0.15, -0.1) is 0 Å². The number of carbonyl (C=O) groups excluding carboxylic acids is 3. The summed E-state index contributed by atoms with van der Waals surface area (Å²) < 4.78 is 11.0. The van der Waals surface area contributed by atoms with Gasteiger partial charge in [0.15, 0.2) is 0 Å². The maximum Gasteiger partial charge on any atom is 0.331 e. The van der Waals surface area contributed by atoms with Crippen molar-refractivity contribution in [1.29, 1.82) is 0 Å². The summed E-state index contributed by atoms with van der Waals surface area (Å²) in [5.74, 6) is -1.78. The van der Waals surface area contributed by atoms with Crippen LogP contribution in [0.5, 0.6) is 0 Å². The molecule has 3 unspecified atom stereocenters. The van der Waals surface area contributed by atoms with Gasteiger partial charge >= 0.3 is 6.03 Å². The molecule has 1 heterocycles. The van der Waals surface area contributed by atoms with Gasteiger partial charge in [-0.1, -0.05) is 0 Å². The number of imide groups is 2. The number of nitrogens with zero attached hydrogens (tertiary/aromatic N) is 1. The van der Waals surface area contributed by atoms with E-state index in [4.69, 9.17) is 0 Å². The monoisotopic (exact) mass is 246 g/mol. The summed E-state index contributed by atoms with van der Waals surface area (Å²) in [6.45, 7) is 3.06. The summed E-state index contributed by atoms with van der Waals surface area (Å²) in [7, 11) is -1.11. The third-order valence-corrected chi connectivity index (χ3v) is 3.32. The Morgan fingerprint density at radius 2 is 2.00 bits per heavy atom. The minimum atomic E-state index is -1.11. The molecule has 0 bridgehead atoms. The summed E-state index contributed by atoms with van der Waals surface area (Å²) in [5.41, 5.74) is 0. The molecule has 1 aliphatic heterocycles. The molecule has 0 spiro atoms. The zero-order valence-corrected chi connectivity index (χ0v) is 10.2. The van der Waals surface area contributed by atoms with Gasteiger partial charge in [0.1, 0.15) is 5.92 Å². The lowest BCUT2D eigenvalue weighted by atomic mass is 10.1. The van der Waals surface area contributed by atoms with Crippen molar-refractivity contribution in [2.75, 3.05) is 12.0 Å². The van der Waals surface area contributed by atoms with E-state index < -0.39 is 40.6 Å². The van der Waals surface area contributed by atoms with Gasteiger partial charge in [0.05, 0.1) is 6.04 Å². The largest absolute Gasteiger partial charge is 0.331 e. The molecule has 0 aliphatic carbocycles. The highest BCUT2D eigenvalue weighted by molar-refractivity contribution is 7.84. The van der Waals surface area contributed by atoms with Gasteiger partial charge in [-0.2, -0.15) is 0 Å². The zero-order valence-electron chi connectivity index (χ0n) is 9.35. The fourth-order valence-electron chi connectivity index (χ4n) is 1.53. The Kier molecular flexibility index (Phi) is 3.79. The predicted octanol–water partition coefficient (Wildman–Crippen LogP) is -0.532. The molecule has 1 rings (SSSR count). The summed E-state index contributed by atoms with van der Waals surface area (Å²) >= 11 is 0. The molecule has 6 nitrogen and oxygen atoms in total. The SMILES string of the molecule is CC1C(=O)NC(=O)N(C(C)CS(C)=O)C1=O.